The van der Waals surface area contributed by atoms with Gasteiger partial charge in [0.1, 0.15) is 13.2 Å². The fourth-order valence-electron chi connectivity index (χ4n) is 9.55. The molecule has 0 saturated heterocycles. The zero-order chi connectivity index (χ0) is 49.6. The Morgan fingerprint density at radius 3 is 0.838 bits per heavy atom. The molecule has 68 heavy (non-hydrogen) atoms. The molecule has 0 bridgehead atoms. The fraction of sp³-hybridized carbons (Fsp3) is 0.952. The van der Waals surface area contributed by atoms with Gasteiger partial charge in [0, 0.05) is 19.3 Å². The lowest BCUT2D eigenvalue weighted by molar-refractivity contribution is -0.167. The number of esters is 3. The third-order valence-electron chi connectivity index (χ3n) is 14.6. The Morgan fingerprint density at radius 2 is 0.559 bits per heavy atom. The lowest BCUT2D eigenvalue weighted by Crippen LogP contribution is -2.30. The number of hydrogen-bond acceptors (Lipinski definition) is 6. The molecule has 0 heterocycles. The Labute approximate surface area is 425 Å². The summed E-state index contributed by atoms with van der Waals surface area (Å²) in [6, 6.07) is 0. The molecule has 6 nitrogen and oxygen atoms in total. The summed E-state index contributed by atoms with van der Waals surface area (Å²) < 4.78 is 16.9. The highest BCUT2D eigenvalue weighted by Gasteiger charge is 2.19. The molecule has 0 aromatic carbocycles. The summed E-state index contributed by atoms with van der Waals surface area (Å²) in [5.41, 5.74) is 0. The normalized spacial score (nSPS) is 12.4. The summed E-state index contributed by atoms with van der Waals surface area (Å²) in [5, 5.41) is 0. The molecule has 0 aliphatic carbocycles. The second-order valence-electron chi connectivity index (χ2n) is 22.1. The van der Waals surface area contributed by atoms with Crippen LogP contribution in [0.2, 0.25) is 0 Å². The maximum absolute atomic E-state index is 12.9. The van der Waals surface area contributed by atoms with Crippen molar-refractivity contribution in [3.63, 3.8) is 0 Å². The van der Waals surface area contributed by atoms with Crippen molar-refractivity contribution in [2.45, 2.75) is 355 Å². The molecular formula is C62H120O6. The number of unbranched alkanes of at least 4 members (excludes halogenated alkanes) is 40. The van der Waals surface area contributed by atoms with Crippen LogP contribution in [0.1, 0.15) is 349 Å². The molecule has 0 aromatic heterocycles. The standard InChI is InChI=1S/C62H120O6/c1-6-8-9-10-11-12-25-32-37-42-47-52-60(63)66-55-59(56-67-61(64)53-48-43-38-33-28-23-20-19-22-27-31-36-41-46-51-58(5)7-2)68-62(65)54-49-44-39-34-29-24-18-16-14-13-15-17-21-26-30-35-40-45-50-57(3)4/h57-59H,6-56H2,1-5H3/t58?,59-/m1/s1. The van der Waals surface area contributed by atoms with E-state index in [1.54, 1.807) is 0 Å². The van der Waals surface area contributed by atoms with Crippen LogP contribution in [-0.2, 0) is 28.6 Å². The van der Waals surface area contributed by atoms with E-state index in [0.717, 1.165) is 69.6 Å². The van der Waals surface area contributed by atoms with Gasteiger partial charge < -0.3 is 14.2 Å². The number of carbonyl (C=O) groups is 3. The first-order chi connectivity index (χ1) is 33.3. The molecule has 2 atom stereocenters. The first-order valence-electron chi connectivity index (χ1n) is 30.8. The Kier molecular flexibility index (Phi) is 53.5. The van der Waals surface area contributed by atoms with Gasteiger partial charge in [-0.3, -0.25) is 14.4 Å². The molecular weight excluding hydrogens is 841 g/mol. The summed E-state index contributed by atoms with van der Waals surface area (Å²) in [6.07, 6.45) is 59.5. The molecule has 0 N–H and O–H groups in total. The average Bonchev–Trinajstić information content (AvgIpc) is 3.32. The largest absolute Gasteiger partial charge is 0.462 e. The SMILES string of the molecule is CCCCCCCCCCCCCC(=O)OC[C@H](COC(=O)CCCCCCCCCCCCCCCCC(C)CC)OC(=O)CCCCCCCCCCCCCCCCCCCCC(C)C. The van der Waals surface area contributed by atoms with Gasteiger partial charge in [-0.1, -0.05) is 311 Å². The third kappa shape index (κ3) is 53.8. The zero-order valence-electron chi connectivity index (χ0n) is 46.7. The molecule has 0 spiro atoms. The van der Waals surface area contributed by atoms with Crippen molar-refractivity contribution >= 4 is 17.9 Å². The molecule has 0 aliphatic rings. The second kappa shape index (κ2) is 54.7. The second-order valence-corrected chi connectivity index (χ2v) is 22.1. The van der Waals surface area contributed by atoms with Crippen LogP contribution < -0.4 is 0 Å². The highest BCUT2D eigenvalue weighted by molar-refractivity contribution is 5.71. The van der Waals surface area contributed by atoms with Crippen LogP contribution in [0.4, 0.5) is 0 Å². The van der Waals surface area contributed by atoms with Gasteiger partial charge >= 0.3 is 17.9 Å². The van der Waals surface area contributed by atoms with E-state index in [1.807, 2.05) is 0 Å². The number of ether oxygens (including phenoxy) is 3. The van der Waals surface area contributed by atoms with Crippen LogP contribution in [0, 0.1) is 11.8 Å². The van der Waals surface area contributed by atoms with Gasteiger partial charge in [0.05, 0.1) is 0 Å². The Bertz CT molecular complexity index is 1040. The van der Waals surface area contributed by atoms with E-state index >= 15 is 0 Å². The van der Waals surface area contributed by atoms with Crippen LogP contribution in [-0.4, -0.2) is 37.2 Å². The van der Waals surface area contributed by atoms with E-state index in [0.29, 0.717) is 19.3 Å². The van der Waals surface area contributed by atoms with Crippen molar-refractivity contribution in [1.29, 1.82) is 0 Å². The van der Waals surface area contributed by atoms with Gasteiger partial charge in [-0.05, 0) is 31.1 Å². The van der Waals surface area contributed by atoms with Gasteiger partial charge in [0.15, 0.2) is 6.10 Å². The van der Waals surface area contributed by atoms with Crippen LogP contribution in [0.15, 0.2) is 0 Å². The van der Waals surface area contributed by atoms with Crippen molar-refractivity contribution in [2.24, 2.45) is 11.8 Å². The smallest absolute Gasteiger partial charge is 0.306 e. The van der Waals surface area contributed by atoms with E-state index < -0.39 is 6.10 Å². The van der Waals surface area contributed by atoms with E-state index in [-0.39, 0.29) is 31.1 Å². The molecule has 0 saturated carbocycles. The van der Waals surface area contributed by atoms with Crippen molar-refractivity contribution in [2.75, 3.05) is 13.2 Å². The molecule has 0 fully saturated rings. The Balaban J connectivity index is 4.23. The first-order valence-corrected chi connectivity index (χ1v) is 30.8. The van der Waals surface area contributed by atoms with Gasteiger partial charge in [-0.25, -0.2) is 0 Å². The number of carbonyl (C=O) groups excluding carboxylic acids is 3. The Morgan fingerprint density at radius 1 is 0.309 bits per heavy atom. The van der Waals surface area contributed by atoms with E-state index in [1.165, 1.54) is 238 Å². The predicted molar refractivity (Wildman–Crippen MR) is 293 cm³/mol. The first kappa shape index (κ1) is 66.4. The minimum atomic E-state index is -0.763. The summed E-state index contributed by atoms with van der Waals surface area (Å²) in [4.78, 5) is 38.2. The van der Waals surface area contributed by atoms with Crippen LogP contribution in [0.3, 0.4) is 0 Å². The van der Waals surface area contributed by atoms with Gasteiger partial charge in [-0.2, -0.15) is 0 Å². The van der Waals surface area contributed by atoms with Gasteiger partial charge in [0.25, 0.3) is 0 Å². The fourth-order valence-corrected chi connectivity index (χ4v) is 9.55. The van der Waals surface area contributed by atoms with Crippen LogP contribution in [0.25, 0.3) is 0 Å². The molecule has 0 aliphatic heterocycles. The monoisotopic (exact) mass is 961 g/mol. The summed E-state index contributed by atoms with van der Waals surface area (Å²) in [5.74, 6) is 0.919. The summed E-state index contributed by atoms with van der Waals surface area (Å²) in [6.45, 7) is 11.5. The Hall–Kier alpha value is -1.59. The van der Waals surface area contributed by atoms with Crippen molar-refractivity contribution in [3.05, 3.63) is 0 Å². The zero-order valence-corrected chi connectivity index (χ0v) is 46.7. The van der Waals surface area contributed by atoms with Gasteiger partial charge in [-0.15, -0.1) is 0 Å². The predicted octanol–water partition coefficient (Wildman–Crippen LogP) is 20.4. The molecule has 0 amide bonds. The van der Waals surface area contributed by atoms with E-state index in [4.69, 9.17) is 14.2 Å². The highest BCUT2D eigenvalue weighted by Crippen LogP contribution is 2.19. The van der Waals surface area contributed by atoms with E-state index in [9.17, 15) is 14.4 Å². The molecule has 1 unspecified atom stereocenters. The maximum Gasteiger partial charge on any atom is 0.306 e. The van der Waals surface area contributed by atoms with Crippen LogP contribution in [0.5, 0.6) is 0 Å². The minimum Gasteiger partial charge on any atom is -0.462 e. The molecule has 0 rings (SSSR count). The van der Waals surface area contributed by atoms with Crippen molar-refractivity contribution < 1.29 is 28.6 Å². The average molecular weight is 962 g/mol. The lowest BCUT2D eigenvalue weighted by atomic mass is 9.99. The summed E-state index contributed by atoms with van der Waals surface area (Å²) in [7, 11) is 0. The number of rotatable bonds is 56. The molecule has 0 radical (unpaired) electrons. The van der Waals surface area contributed by atoms with E-state index in [2.05, 4.69) is 34.6 Å². The molecule has 0 aromatic rings. The number of hydrogen-bond donors (Lipinski definition) is 0. The quantitative estimate of drug-likeness (QED) is 0.0343. The summed E-state index contributed by atoms with van der Waals surface area (Å²) >= 11 is 0. The lowest BCUT2D eigenvalue weighted by Gasteiger charge is -2.18. The van der Waals surface area contributed by atoms with Gasteiger partial charge in [0.2, 0.25) is 0 Å². The van der Waals surface area contributed by atoms with Crippen LogP contribution >= 0.6 is 0 Å². The molecule has 404 valence electrons. The van der Waals surface area contributed by atoms with Crippen molar-refractivity contribution in [1.82, 2.24) is 0 Å². The third-order valence-corrected chi connectivity index (χ3v) is 14.6. The minimum absolute atomic E-state index is 0.0622. The maximum atomic E-state index is 12.9. The molecule has 6 heteroatoms. The van der Waals surface area contributed by atoms with Crippen molar-refractivity contribution in [3.8, 4) is 0 Å². The highest BCUT2D eigenvalue weighted by atomic mass is 16.6. The topological polar surface area (TPSA) is 78.9 Å².